The van der Waals surface area contributed by atoms with Crippen molar-refractivity contribution in [1.29, 1.82) is 0 Å². The smallest absolute Gasteiger partial charge is 0.266 e. The lowest BCUT2D eigenvalue weighted by atomic mass is 10.2. The Labute approximate surface area is 163 Å². The Kier molecular flexibility index (Phi) is 5.29. The molecule has 1 fully saturated rings. The molecule has 0 amide bonds. The van der Waals surface area contributed by atoms with Crippen molar-refractivity contribution in [2.45, 2.75) is 51.7 Å². The van der Waals surface area contributed by atoms with Gasteiger partial charge < -0.3 is 4.52 Å². The first kappa shape index (κ1) is 18.5. The van der Waals surface area contributed by atoms with Crippen molar-refractivity contribution in [3.8, 4) is 11.3 Å². The van der Waals surface area contributed by atoms with E-state index in [1.807, 2.05) is 26.0 Å². The minimum absolute atomic E-state index is 0.0930. The average molecular weight is 380 g/mol. The Balaban J connectivity index is 1.50. The number of aromatic nitrogens is 5. The van der Waals surface area contributed by atoms with Crippen LogP contribution in [0.25, 0.3) is 11.3 Å². The molecule has 0 spiro atoms. The van der Waals surface area contributed by atoms with Gasteiger partial charge in [0.05, 0.1) is 18.8 Å². The molecule has 1 aliphatic heterocycles. The highest BCUT2D eigenvalue weighted by atomic mass is 16.5. The van der Waals surface area contributed by atoms with Crippen LogP contribution in [0.1, 0.15) is 44.3 Å². The molecule has 1 atom stereocenters. The third-order valence-corrected chi connectivity index (χ3v) is 5.06. The molecular formula is C20H24N6O2. The van der Waals surface area contributed by atoms with E-state index in [2.05, 4.69) is 25.1 Å². The van der Waals surface area contributed by atoms with Gasteiger partial charge in [0.25, 0.3) is 5.56 Å². The number of hydrogen-bond donors (Lipinski definition) is 0. The topological polar surface area (TPSA) is 89.9 Å². The molecule has 0 radical (unpaired) electrons. The van der Waals surface area contributed by atoms with Gasteiger partial charge in [-0.25, -0.2) is 4.68 Å². The summed E-state index contributed by atoms with van der Waals surface area (Å²) in [5.41, 5.74) is 1.62. The molecular weight excluding hydrogens is 356 g/mol. The summed E-state index contributed by atoms with van der Waals surface area (Å²) in [5, 5.41) is 8.61. The summed E-state index contributed by atoms with van der Waals surface area (Å²) >= 11 is 0. The zero-order valence-electron chi connectivity index (χ0n) is 16.2. The highest BCUT2D eigenvalue weighted by Gasteiger charge is 2.27. The second-order valence-corrected chi connectivity index (χ2v) is 7.44. The minimum Gasteiger partial charge on any atom is -0.338 e. The zero-order chi connectivity index (χ0) is 19.5. The van der Waals surface area contributed by atoms with E-state index in [0.29, 0.717) is 19.0 Å². The van der Waals surface area contributed by atoms with Gasteiger partial charge in [0.2, 0.25) is 5.89 Å². The Bertz CT molecular complexity index is 982. The maximum atomic E-state index is 12.4. The summed E-state index contributed by atoms with van der Waals surface area (Å²) in [4.78, 5) is 23.2. The van der Waals surface area contributed by atoms with Crippen LogP contribution < -0.4 is 5.56 Å². The normalized spacial score (nSPS) is 17.5. The Morgan fingerprint density at radius 1 is 1.21 bits per heavy atom. The van der Waals surface area contributed by atoms with Crippen LogP contribution in [-0.4, -0.2) is 42.4 Å². The van der Waals surface area contributed by atoms with E-state index >= 15 is 0 Å². The first-order valence-electron chi connectivity index (χ1n) is 9.65. The van der Waals surface area contributed by atoms with Gasteiger partial charge in [0.1, 0.15) is 0 Å². The van der Waals surface area contributed by atoms with Crippen LogP contribution in [-0.2, 0) is 13.1 Å². The third kappa shape index (κ3) is 4.01. The molecule has 0 N–H and O–H groups in total. The first-order chi connectivity index (χ1) is 13.6. The zero-order valence-corrected chi connectivity index (χ0v) is 16.2. The summed E-state index contributed by atoms with van der Waals surface area (Å²) in [6.07, 6.45) is 5.54. The SMILES string of the molecule is CC(C)c1noc(CN2CCCC2Cn2nc(-c3ccncc3)ccc2=O)n1. The van der Waals surface area contributed by atoms with E-state index in [0.717, 1.165) is 36.5 Å². The molecule has 28 heavy (non-hydrogen) atoms. The van der Waals surface area contributed by atoms with Crippen LogP contribution in [0, 0.1) is 0 Å². The Morgan fingerprint density at radius 3 is 2.79 bits per heavy atom. The molecule has 1 saturated heterocycles. The Hall–Kier alpha value is -2.87. The van der Waals surface area contributed by atoms with Gasteiger partial charge in [-0.05, 0) is 37.6 Å². The number of hydrogen-bond acceptors (Lipinski definition) is 7. The average Bonchev–Trinajstić information content (AvgIpc) is 3.34. The summed E-state index contributed by atoms with van der Waals surface area (Å²) in [6.45, 7) is 6.18. The quantitative estimate of drug-likeness (QED) is 0.649. The molecule has 3 aromatic heterocycles. The molecule has 4 rings (SSSR count). The molecule has 0 aromatic carbocycles. The number of likely N-dealkylation sites (tertiary alicyclic amines) is 1. The molecule has 0 bridgehead atoms. The number of pyridine rings is 1. The molecule has 3 aromatic rings. The van der Waals surface area contributed by atoms with Crippen molar-refractivity contribution in [3.63, 3.8) is 0 Å². The molecule has 146 valence electrons. The van der Waals surface area contributed by atoms with Crippen molar-refractivity contribution in [2.75, 3.05) is 6.54 Å². The van der Waals surface area contributed by atoms with E-state index in [4.69, 9.17) is 4.52 Å². The van der Waals surface area contributed by atoms with Gasteiger partial charge in [-0.2, -0.15) is 10.1 Å². The predicted octanol–water partition coefficient (Wildman–Crippen LogP) is 2.48. The van der Waals surface area contributed by atoms with Crippen molar-refractivity contribution < 1.29 is 4.52 Å². The number of rotatable bonds is 6. The first-order valence-corrected chi connectivity index (χ1v) is 9.65. The standard InChI is InChI=1S/C20H24N6O2/c1-14(2)20-22-18(28-24-20)13-25-11-3-4-16(25)12-26-19(27)6-5-17(23-26)15-7-9-21-10-8-15/h5-10,14,16H,3-4,11-13H2,1-2H3. The largest absolute Gasteiger partial charge is 0.338 e. The fraction of sp³-hybridized carbons (Fsp3) is 0.450. The lowest BCUT2D eigenvalue weighted by Crippen LogP contribution is -2.36. The third-order valence-electron chi connectivity index (χ3n) is 5.06. The van der Waals surface area contributed by atoms with Gasteiger partial charge in [-0.15, -0.1) is 0 Å². The summed E-state index contributed by atoms with van der Waals surface area (Å²) in [5.74, 6) is 1.60. The van der Waals surface area contributed by atoms with Crippen LogP contribution in [0.2, 0.25) is 0 Å². The molecule has 1 aliphatic rings. The van der Waals surface area contributed by atoms with Gasteiger partial charge in [0.15, 0.2) is 5.82 Å². The van der Waals surface area contributed by atoms with Crippen LogP contribution >= 0.6 is 0 Å². The second-order valence-electron chi connectivity index (χ2n) is 7.44. The molecule has 0 saturated carbocycles. The lowest BCUT2D eigenvalue weighted by Gasteiger charge is -2.23. The monoisotopic (exact) mass is 380 g/mol. The van der Waals surface area contributed by atoms with Crippen LogP contribution in [0.3, 0.4) is 0 Å². The lowest BCUT2D eigenvalue weighted by molar-refractivity contribution is 0.190. The van der Waals surface area contributed by atoms with E-state index in [-0.39, 0.29) is 17.5 Å². The van der Waals surface area contributed by atoms with Gasteiger partial charge in [0, 0.05) is 36.0 Å². The molecule has 8 heteroatoms. The minimum atomic E-state index is -0.0930. The maximum Gasteiger partial charge on any atom is 0.266 e. The Morgan fingerprint density at radius 2 is 2.04 bits per heavy atom. The highest BCUT2D eigenvalue weighted by Crippen LogP contribution is 2.22. The van der Waals surface area contributed by atoms with Gasteiger partial charge >= 0.3 is 0 Å². The van der Waals surface area contributed by atoms with Gasteiger partial charge in [-0.3, -0.25) is 14.7 Å². The molecule has 8 nitrogen and oxygen atoms in total. The summed E-state index contributed by atoms with van der Waals surface area (Å²) < 4.78 is 6.96. The summed E-state index contributed by atoms with van der Waals surface area (Å²) in [7, 11) is 0. The van der Waals surface area contributed by atoms with E-state index in [9.17, 15) is 4.79 Å². The van der Waals surface area contributed by atoms with Crippen molar-refractivity contribution in [1.82, 2.24) is 29.8 Å². The van der Waals surface area contributed by atoms with E-state index < -0.39 is 0 Å². The second kappa shape index (κ2) is 8.02. The molecule has 0 aliphatic carbocycles. The molecule has 1 unspecified atom stereocenters. The van der Waals surface area contributed by atoms with Crippen LogP contribution in [0.5, 0.6) is 0 Å². The van der Waals surface area contributed by atoms with Crippen molar-refractivity contribution in [3.05, 3.63) is 58.7 Å². The molecule has 4 heterocycles. The van der Waals surface area contributed by atoms with Crippen molar-refractivity contribution >= 4 is 0 Å². The summed E-state index contributed by atoms with van der Waals surface area (Å²) in [6, 6.07) is 7.33. The van der Waals surface area contributed by atoms with Gasteiger partial charge in [-0.1, -0.05) is 19.0 Å². The van der Waals surface area contributed by atoms with Crippen LogP contribution in [0.4, 0.5) is 0 Å². The van der Waals surface area contributed by atoms with Crippen LogP contribution in [0.15, 0.2) is 46.0 Å². The van der Waals surface area contributed by atoms with Crippen molar-refractivity contribution in [2.24, 2.45) is 0 Å². The highest BCUT2D eigenvalue weighted by molar-refractivity contribution is 5.56. The van der Waals surface area contributed by atoms with E-state index in [1.165, 1.54) is 0 Å². The van der Waals surface area contributed by atoms with E-state index in [1.54, 1.807) is 29.2 Å². The number of nitrogens with zero attached hydrogens (tertiary/aromatic N) is 6. The fourth-order valence-electron chi connectivity index (χ4n) is 3.51. The fourth-order valence-corrected chi connectivity index (χ4v) is 3.51. The maximum absolute atomic E-state index is 12.4. The predicted molar refractivity (Wildman–Crippen MR) is 104 cm³/mol.